The monoisotopic (exact) mass is 543 g/mol. The average molecular weight is 544 g/mol. The highest BCUT2D eigenvalue weighted by atomic mass is 32.2. The van der Waals surface area contributed by atoms with Gasteiger partial charge in [-0.3, -0.25) is 10.1 Å². The van der Waals surface area contributed by atoms with Crippen molar-refractivity contribution < 1.29 is 9.84 Å². The summed E-state index contributed by atoms with van der Waals surface area (Å²) in [7, 11) is 1.92. The summed E-state index contributed by atoms with van der Waals surface area (Å²) in [5.41, 5.74) is -0.326. The lowest BCUT2D eigenvalue weighted by Crippen LogP contribution is -2.60. The highest BCUT2D eigenvalue weighted by molar-refractivity contribution is 8.02. The van der Waals surface area contributed by atoms with Gasteiger partial charge in [-0.1, -0.05) is 0 Å². The summed E-state index contributed by atoms with van der Waals surface area (Å²) in [6.07, 6.45) is 3.62. The number of rotatable bonds is 3. The van der Waals surface area contributed by atoms with E-state index in [1.54, 1.807) is 23.1 Å². The summed E-state index contributed by atoms with van der Waals surface area (Å²) in [6, 6.07) is 3.68. The maximum atomic E-state index is 12.2. The lowest BCUT2D eigenvalue weighted by molar-refractivity contribution is -0.00153. The summed E-state index contributed by atoms with van der Waals surface area (Å²) in [6.45, 7) is 1.60. The van der Waals surface area contributed by atoms with E-state index < -0.39 is 14.9 Å². The molecule has 0 spiro atoms. The molecule has 4 unspecified atom stereocenters. The molecule has 178 valence electrons. The molecule has 3 aromatic rings. The molecule has 0 bridgehead atoms. The van der Waals surface area contributed by atoms with Gasteiger partial charge >= 0.3 is 0 Å². The molecule has 2 N–H and O–H groups in total. The first kappa shape index (κ1) is 24.0. The van der Waals surface area contributed by atoms with Gasteiger partial charge in [-0.15, -0.1) is 0 Å². The number of hydrogen-bond acceptors (Lipinski definition) is 12. The number of nitrogens with zero attached hydrogens (tertiary/aromatic N) is 6. The number of thiol groups is 5. The van der Waals surface area contributed by atoms with Gasteiger partial charge in [-0.2, -0.15) is 83.0 Å². The lowest BCUT2D eigenvalue weighted by atomic mass is 9.77. The molecule has 33 heavy (non-hydrogen) atoms. The van der Waals surface area contributed by atoms with Crippen molar-refractivity contribution >= 4 is 80.0 Å². The van der Waals surface area contributed by atoms with Crippen LogP contribution in [0.2, 0.25) is 0 Å². The molecule has 1 saturated heterocycles. The molecule has 0 radical (unpaired) electrons. The number of H-pyrrole nitrogens is 1. The number of ether oxygens (including phenoxy) is 1. The molecule has 3 aromatic heterocycles. The molecule has 4 heterocycles. The van der Waals surface area contributed by atoms with Crippen molar-refractivity contribution in [3.05, 3.63) is 30.1 Å². The lowest BCUT2D eigenvalue weighted by Gasteiger charge is -2.52. The Bertz CT molecular complexity index is 1160. The topological polar surface area (TPSA) is 95.3 Å². The molecule has 14 heteroatoms. The van der Waals surface area contributed by atoms with Crippen molar-refractivity contribution in [3.63, 3.8) is 0 Å². The first-order valence-electron chi connectivity index (χ1n) is 10.3. The number of anilines is 1. The van der Waals surface area contributed by atoms with Gasteiger partial charge < -0.3 is 9.84 Å². The van der Waals surface area contributed by atoms with Crippen LogP contribution in [0.15, 0.2) is 24.5 Å². The largest absolute Gasteiger partial charge is 0.383 e. The second-order valence-electron chi connectivity index (χ2n) is 8.38. The SMILES string of the molecule is CN1COCCN1c1cc(C2(O)CC(S)C(S)C(S)C2(S)S)c2cnn(-c3ccn[nH]3)c2n1. The fourth-order valence-corrected chi connectivity index (χ4v) is 6.76. The number of pyridine rings is 1. The molecule has 4 atom stereocenters. The Kier molecular flexibility index (Phi) is 6.34. The van der Waals surface area contributed by atoms with Gasteiger partial charge in [-0.05, 0) is 12.5 Å². The predicted molar refractivity (Wildman–Crippen MR) is 144 cm³/mol. The van der Waals surface area contributed by atoms with Crippen molar-refractivity contribution in [3.8, 4) is 5.82 Å². The van der Waals surface area contributed by atoms with E-state index in [4.69, 9.17) is 60.2 Å². The first-order chi connectivity index (χ1) is 15.6. The van der Waals surface area contributed by atoms with Crippen molar-refractivity contribution in [2.45, 2.75) is 31.9 Å². The molecule has 5 rings (SSSR count). The zero-order chi connectivity index (χ0) is 23.5. The maximum Gasteiger partial charge on any atom is 0.167 e. The van der Waals surface area contributed by atoms with Gasteiger partial charge in [0.25, 0.3) is 0 Å². The standard InChI is InChI=1S/C19H25N7O2S5/c1-24-9-28-5-4-25(24)14-6-11(18(27)7-12(29)15(30)16(31)19(18,32)33)10-8-21-26(17(10)22-14)13-2-3-20-23-13/h2-3,6,8,12,15-16,27,29-33H,4-5,7,9H2,1H3,(H,20,23). The van der Waals surface area contributed by atoms with Crippen molar-refractivity contribution in [2.24, 2.45) is 0 Å². The molecule has 1 aliphatic heterocycles. The Labute approximate surface area is 218 Å². The number of aromatic amines is 1. The van der Waals surface area contributed by atoms with Crippen LogP contribution in [-0.2, 0) is 10.3 Å². The highest BCUT2D eigenvalue weighted by Crippen LogP contribution is 2.56. The van der Waals surface area contributed by atoms with Gasteiger partial charge in [0.2, 0.25) is 0 Å². The molecule has 9 nitrogen and oxygen atoms in total. The second-order valence-corrected chi connectivity index (χ2v) is 12.0. The van der Waals surface area contributed by atoms with E-state index >= 15 is 0 Å². The Morgan fingerprint density at radius 2 is 2.06 bits per heavy atom. The van der Waals surface area contributed by atoms with E-state index in [1.165, 1.54) is 0 Å². The van der Waals surface area contributed by atoms with Gasteiger partial charge in [0.05, 0.1) is 25.5 Å². The van der Waals surface area contributed by atoms with E-state index in [0.29, 0.717) is 48.1 Å². The van der Waals surface area contributed by atoms with Crippen LogP contribution < -0.4 is 5.01 Å². The summed E-state index contributed by atoms with van der Waals surface area (Å²) in [5, 5.41) is 27.5. The molecular formula is C19H25N7O2S5. The van der Waals surface area contributed by atoms with Crippen LogP contribution in [0.3, 0.4) is 0 Å². The summed E-state index contributed by atoms with van der Waals surface area (Å²) >= 11 is 23.7. The number of aromatic nitrogens is 5. The van der Waals surface area contributed by atoms with E-state index in [-0.39, 0.29) is 16.9 Å². The van der Waals surface area contributed by atoms with Crippen LogP contribution in [0.4, 0.5) is 5.82 Å². The number of hydrogen-bond donors (Lipinski definition) is 7. The third kappa shape index (κ3) is 3.77. The number of nitrogens with one attached hydrogen (secondary N) is 1. The number of aliphatic hydroxyl groups is 1. The third-order valence-corrected chi connectivity index (χ3v) is 10.4. The Hall–Kier alpha value is -0.740. The maximum absolute atomic E-state index is 12.2. The zero-order valence-corrected chi connectivity index (χ0v) is 22.1. The minimum atomic E-state index is -1.50. The molecule has 0 amide bonds. The Morgan fingerprint density at radius 3 is 2.76 bits per heavy atom. The van der Waals surface area contributed by atoms with E-state index in [1.807, 2.05) is 23.1 Å². The fourth-order valence-electron chi connectivity index (χ4n) is 4.46. The van der Waals surface area contributed by atoms with Gasteiger partial charge in [0, 0.05) is 39.8 Å². The minimum Gasteiger partial charge on any atom is -0.383 e. The zero-order valence-electron chi connectivity index (χ0n) is 17.6. The van der Waals surface area contributed by atoms with E-state index in [2.05, 4.69) is 27.9 Å². The fraction of sp³-hybridized carbons (Fsp3) is 0.526. The molecule has 2 aliphatic rings. The first-order valence-corrected chi connectivity index (χ1v) is 12.8. The average Bonchev–Trinajstić information content (AvgIpc) is 3.46. The minimum absolute atomic E-state index is 0.207. The summed E-state index contributed by atoms with van der Waals surface area (Å²) in [4.78, 5) is 4.92. The highest BCUT2D eigenvalue weighted by Gasteiger charge is 2.58. The van der Waals surface area contributed by atoms with Crippen LogP contribution in [0.25, 0.3) is 16.9 Å². The Morgan fingerprint density at radius 1 is 1.27 bits per heavy atom. The predicted octanol–water partition coefficient (Wildman–Crippen LogP) is 1.83. The summed E-state index contributed by atoms with van der Waals surface area (Å²) in [5.74, 6) is 1.30. The summed E-state index contributed by atoms with van der Waals surface area (Å²) < 4.78 is 6.01. The van der Waals surface area contributed by atoms with Crippen LogP contribution in [0.5, 0.6) is 0 Å². The normalized spacial score (nSPS) is 30.8. The number of hydrazine groups is 1. The van der Waals surface area contributed by atoms with Gasteiger partial charge in [0.15, 0.2) is 11.5 Å². The number of fused-ring (bicyclic) bond motifs is 1. The quantitative estimate of drug-likeness (QED) is 0.200. The van der Waals surface area contributed by atoms with Crippen molar-refractivity contribution in [1.29, 1.82) is 0 Å². The molecule has 1 aliphatic carbocycles. The van der Waals surface area contributed by atoms with Gasteiger partial charge in [0.1, 0.15) is 22.2 Å². The van der Waals surface area contributed by atoms with Gasteiger partial charge in [-0.25, -0.2) is 4.98 Å². The van der Waals surface area contributed by atoms with Crippen molar-refractivity contribution in [1.82, 2.24) is 30.0 Å². The molecular weight excluding hydrogens is 519 g/mol. The molecule has 0 aromatic carbocycles. The smallest absolute Gasteiger partial charge is 0.167 e. The van der Waals surface area contributed by atoms with Crippen LogP contribution >= 0.6 is 63.1 Å². The van der Waals surface area contributed by atoms with Crippen LogP contribution in [0, 0.1) is 0 Å². The Balaban J connectivity index is 1.76. The van der Waals surface area contributed by atoms with E-state index in [0.717, 1.165) is 0 Å². The van der Waals surface area contributed by atoms with Crippen LogP contribution in [-0.4, -0.2) is 81.8 Å². The molecule has 1 saturated carbocycles. The van der Waals surface area contributed by atoms with E-state index in [9.17, 15) is 5.11 Å². The van der Waals surface area contributed by atoms with Crippen molar-refractivity contribution in [2.75, 3.05) is 31.9 Å². The van der Waals surface area contributed by atoms with Crippen LogP contribution in [0.1, 0.15) is 12.0 Å². The second kappa shape index (κ2) is 8.73. The molecule has 2 fully saturated rings. The third-order valence-electron chi connectivity index (χ3n) is 6.33.